The van der Waals surface area contributed by atoms with Gasteiger partial charge in [0.1, 0.15) is 0 Å². The summed E-state index contributed by atoms with van der Waals surface area (Å²) in [6.45, 7) is 9.90. The minimum Gasteiger partial charge on any atom is -0.393 e. The molecule has 0 fully saturated rings. The summed E-state index contributed by atoms with van der Waals surface area (Å²) in [6, 6.07) is 0. The smallest absolute Gasteiger partial charge is 0.0552 e. The quantitative estimate of drug-likeness (QED) is 0.386. The molecule has 0 aliphatic rings. The fourth-order valence-electron chi connectivity index (χ4n) is 2.88. The molecule has 0 heterocycles. The maximum Gasteiger partial charge on any atom is 0.0552 e. The lowest BCUT2D eigenvalue weighted by atomic mass is 10.0. The standard InChI is InChI=1S/C19H41NO/c1-4-7-8-9-10-11-12-13-14-15-16-19(21)17-18-20(5-2)6-3/h19,21H,4-18H2,1-3H3. The van der Waals surface area contributed by atoms with Crippen LogP contribution in [0.5, 0.6) is 0 Å². The van der Waals surface area contributed by atoms with E-state index >= 15 is 0 Å². The van der Waals surface area contributed by atoms with Crippen molar-refractivity contribution in [3.05, 3.63) is 0 Å². The Morgan fingerprint density at radius 1 is 0.667 bits per heavy atom. The number of unbranched alkanes of at least 4 members (excludes halogenated alkanes) is 9. The summed E-state index contributed by atoms with van der Waals surface area (Å²) in [5.74, 6) is 0. The van der Waals surface area contributed by atoms with Gasteiger partial charge in [-0.05, 0) is 25.9 Å². The average molecular weight is 300 g/mol. The monoisotopic (exact) mass is 299 g/mol. The molecule has 0 rings (SSSR count). The van der Waals surface area contributed by atoms with E-state index in [1.54, 1.807) is 0 Å². The Labute approximate surface area is 134 Å². The highest BCUT2D eigenvalue weighted by molar-refractivity contribution is 4.61. The van der Waals surface area contributed by atoms with Gasteiger partial charge in [0.15, 0.2) is 0 Å². The molecule has 0 saturated carbocycles. The Kier molecular flexibility index (Phi) is 16.2. The molecule has 2 heteroatoms. The van der Waals surface area contributed by atoms with Crippen molar-refractivity contribution in [3.63, 3.8) is 0 Å². The first-order chi connectivity index (χ1) is 10.2. The van der Waals surface area contributed by atoms with Crippen LogP contribution < -0.4 is 0 Å². The third-order valence-electron chi connectivity index (χ3n) is 4.56. The molecule has 21 heavy (non-hydrogen) atoms. The highest BCUT2D eigenvalue weighted by Gasteiger charge is 2.06. The molecule has 0 saturated heterocycles. The van der Waals surface area contributed by atoms with Gasteiger partial charge in [-0.3, -0.25) is 0 Å². The zero-order valence-electron chi connectivity index (χ0n) is 15.1. The maximum absolute atomic E-state index is 9.99. The Balaban J connectivity index is 3.23. The van der Waals surface area contributed by atoms with E-state index in [1.165, 1.54) is 64.2 Å². The first kappa shape index (κ1) is 20.9. The van der Waals surface area contributed by atoms with E-state index in [-0.39, 0.29) is 6.10 Å². The number of hydrogen-bond donors (Lipinski definition) is 1. The SMILES string of the molecule is CCCCCCCCCCCCC(O)CCN(CC)CC. The van der Waals surface area contributed by atoms with Gasteiger partial charge in [0.25, 0.3) is 0 Å². The Hall–Kier alpha value is -0.0800. The maximum atomic E-state index is 9.99. The first-order valence-corrected chi connectivity index (χ1v) is 9.64. The molecule has 1 atom stereocenters. The van der Waals surface area contributed by atoms with Gasteiger partial charge >= 0.3 is 0 Å². The third-order valence-corrected chi connectivity index (χ3v) is 4.56. The van der Waals surface area contributed by atoms with Crippen molar-refractivity contribution in [2.24, 2.45) is 0 Å². The van der Waals surface area contributed by atoms with Crippen LogP contribution in [0, 0.1) is 0 Å². The summed E-state index contributed by atoms with van der Waals surface area (Å²) in [5.41, 5.74) is 0. The largest absolute Gasteiger partial charge is 0.393 e. The molecule has 0 spiro atoms. The minimum absolute atomic E-state index is 0.0837. The van der Waals surface area contributed by atoms with Gasteiger partial charge in [0, 0.05) is 6.54 Å². The summed E-state index contributed by atoms with van der Waals surface area (Å²) in [4.78, 5) is 2.39. The van der Waals surface area contributed by atoms with Crippen molar-refractivity contribution in [1.82, 2.24) is 4.90 Å². The summed E-state index contributed by atoms with van der Waals surface area (Å²) in [5, 5.41) is 9.99. The van der Waals surface area contributed by atoms with Gasteiger partial charge in [0.05, 0.1) is 6.10 Å². The Bertz CT molecular complexity index is 192. The second kappa shape index (κ2) is 16.3. The van der Waals surface area contributed by atoms with E-state index in [0.717, 1.165) is 32.5 Å². The van der Waals surface area contributed by atoms with E-state index in [1.807, 2.05) is 0 Å². The van der Waals surface area contributed by atoms with E-state index in [4.69, 9.17) is 0 Å². The van der Waals surface area contributed by atoms with Crippen molar-refractivity contribution in [2.45, 2.75) is 104 Å². The van der Waals surface area contributed by atoms with Crippen LogP contribution in [0.15, 0.2) is 0 Å². The first-order valence-electron chi connectivity index (χ1n) is 9.64. The predicted octanol–water partition coefficient (Wildman–Crippen LogP) is 5.39. The molecule has 2 nitrogen and oxygen atoms in total. The van der Waals surface area contributed by atoms with Gasteiger partial charge in [-0.1, -0.05) is 85.0 Å². The third kappa shape index (κ3) is 14.6. The second-order valence-electron chi connectivity index (χ2n) is 6.44. The van der Waals surface area contributed by atoms with Crippen LogP contribution in [-0.4, -0.2) is 35.7 Å². The molecule has 0 aliphatic carbocycles. The fourth-order valence-corrected chi connectivity index (χ4v) is 2.88. The number of hydrogen-bond acceptors (Lipinski definition) is 2. The van der Waals surface area contributed by atoms with Crippen LogP contribution >= 0.6 is 0 Å². The van der Waals surface area contributed by atoms with Gasteiger partial charge in [0.2, 0.25) is 0 Å². The van der Waals surface area contributed by atoms with Crippen molar-refractivity contribution in [2.75, 3.05) is 19.6 Å². The molecule has 0 amide bonds. The minimum atomic E-state index is -0.0837. The van der Waals surface area contributed by atoms with Crippen LogP contribution in [0.1, 0.15) is 97.8 Å². The summed E-state index contributed by atoms with van der Waals surface area (Å²) in [6.07, 6.45) is 15.6. The van der Waals surface area contributed by atoms with Gasteiger partial charge in [-0.25, -0.2) is 0 Å². The fraction of sp³-hybridized carbons (Fsp3) is 1.00. The van der Waals surface area contributed by atoms with Gasteiger partial charge in [-0.2, -0.15) is 0 Å². The zero-order valence-corrected chi connectivity index (χ0v) is 15.1. The van der Waals surface area contributed by atoms with Crippen molar-refractivity contribution >= 4 is 0 Å². The Morgan fingerprint density at radius 2 is 1.14 bits per heavy atom. The Morgan fingerprint density at radius 3 is 1.62 bits per heavy atom. The van der Waals surface area contributed by atoms with Crippen molar-refractivity contribution < 1.29 is 5.11 Å². The van der Waals surface area contributed by atoms with Crippen molar-refractivity contribution in [3.8, 4) is 0 Å². The molecule has 0 aromatic carbocycles. The topological polar surface area (TPSA) is 23.5 Å². The summed E-state index contributed by atoms with van der Waals surface area (Å²) >= 11 is 0. The molecular weight excluding hydrogens is 258 g/mol. The van der Waals surface area contributed by atoms with Crippen LogP contribution in [0.3, 0.4) is 0 Å². The zero-order chi connectivity index (χ0) is 15.8. The molecule has 0 aromatic heterocycles. The molecule has 0 radical (unpaired) electrons. The van der Waals surface area contributed by atoms with Crippen LogP contribution in [0.4, 0.5) is 0 Å². The molecule has 1 unspecified atom stereocenters. The number of aliphatic hydroxyl groups is 1. The number of aliphatic hydroxyl groups excluding tert-OH is 1. The van der Waals surface area contributed by atoms with E-state index < -0.39 is 0 Å². The molecule has 0 aromatic rings. The van der Waals surface area contributed by atoms with Crippen molar-refractivity contribution in [1.29, 1.82) is 0 Å². The second-order valence-corrected chi connectivity index (χ2v) is 6.44. The normalized spacial score (nSPS) is 13.0. The predicted molar refractivity (Wildman–Crippen MR) is 94.9 cm³/mol. The summed E-state index contributed by atoms with van der Waals surface area (Å²) < 4.78 is 0. The number of nitrogens with zero attached hydrogens (tertiary/aromatic N) is 1. The van der Waals surface area contributed by atoms with E-state index in [9.17, 15) is 5.11 Å². The lowest BCUT2D eigenvalue weighted by Crippen LogP contribution is -2.26. The summed E-state index contributed by atoms with van der Waals surface area (Å²) in [7, 11) is 0. The van der Waals surface area contributed by atoms with Crippen LogP contribution in [0.25, 0.3) is 0 Å². The van der Waals surface area contributed by atoms with E-state index in [0.29, 0.717) is 0 Å². The highest BCUT2D eigenvalue weighted by atomic mass is 16.3. The molecule has 128 valence electrons. The lowest BCUT2D eigenvalue weighted by molar-refractivity contribution is 0.132. The van der Waals surface area contributed by atoms with Crippen LogP contribution in [-0.2, 0) is 0 Å². The average Bonchev–Trinajstić information content (AvgIpc) is 2.50. The van der Waals surface area contributed by atoms with Gasteiger partial charge < -0.3 is 10.0 Å². The molecule has 0 aliphatic heterocycles. The van der Waals surface area contributed by atoms with Crippen LogP contribution in [0.2, 0.25) is 0 Å². The lowest BCUT2D eigenvalue weighted by Gasteiger charge is -2.19. The molecular formula is C19H41NO. The molecule has 0 bridgehead atoms. The van der Waals surface area contributed by atoms with Gasteiger partial charge in [-0.15, -0.1) is 0 Å². The molecule has 1 N–H and O–H groups in total. The highest BCUT2D eigenvalue weighted by Crippen LogP contribution is 2.13. The van der Waals surface area contributed by atoms with E-state index in [2.05, 4.69) is 25.7 Å². The number of rotatable bonds is 16.